The lowest BCUT2D eigenvalue weighted by Crippen LogP contribution is -2.50. The highest BCUT2D eigenvalue weighted by atomic mass is 19.4. The second-order valence-corrected chi connectivity index (χ2v) is 8.18. The van der Waals surface area contributed by atoms with Crippen molar-refractivity contribution in [1.82, 2.24) is 24.7 Å². The third-order valence-electron chi connectivity index (χ3n) is 5.81. The Morgan fingerprint density at radius 3 is 2.48 bits per heavy atom. The fraction of sp³-hybridized carbons (Fsp3) is 0.409. The molecule has 0 saturated carbocycles. The molecule has 1 amide bonds. The van der Waals surface area contributed by atoms with Crippen LogP contribution in [0.25, 0.3) is 0 Å². The molecule has 0 N–H and O–H groups in total. The maximum Gasteiger partial charge on any atom is 0.433 e. The SMILES string of the molecule is Cc1nc(CCc2cnn(Cc3ccc(C(F)(F)F)nc3)c2)nc2c1N(C)C(=O)[C@H](C)N2C. The molecule has 0 radical (unpaired) electrons. The molecule has 0 fully saturated rings. The van der Waals surface area contributed by atoms with Crippen molar-refractivity contribution < 1.29 is 18.0 Å². The summed E-state index contributed by atoms with van der Waals surface area (Å²) in [6.45, 7) is 4.04. The van der Waals surface area contributed by atoms with Gasteiger partial charge in [-0.2, -0.15) is 18.3 Å². The molecule has 0 aromatic carbocycles. The number of anilines is 2. The number of pyridine rings is 1. The Morgan fingerprint density at radius 1 is 1.06 bits per heavy atom. The molecular weight excluding hydrogens is 435 g/mol. The number of hydrogen-bond acceptors (Lipinski definition) is 6. The van der Waals surface area contributed by atoms with Crippen LogP contribution in [0.1, 0.15) is 35.3 Å². The lowest BCUT2D eigenvalue weighted by Gasteiger charge is -2.37. The van der Waals surface area contributed by atoms with Gasteiger partial charge in [-0.05, 0) is 37.5 Å². The third kappa shape index (κ3) is 4.53. The van der Waals surface area contributed by atoms with E-state index in [1.165, 1.54) is 12.3 Å². The van der Waals surface area contributed by atoms with Gasteiger partial charge in [0.25, 0.3) is 0 Å². The summed E-state index contributed by atoms with van der Waals surface area (Å²) in [5, 5.41) is 4.30. The van der Waals surface area contributed by atoms with Crippen LogP contribution < -0.4 is 9.80 Å². The number of likely N-dealkylation sites (N-methyl/N-ethyl adjacent to an activating group) is 2. The summed E-state index contributed by atoms with van der Waals surface area (Å²) in [5.41, 5.74) is 2.14. The summed E-state index contributed by atoms with van der Waals surface area (Å²) in [7, 11) is 3.59. The first kappa shape index (κ1) is 22.7. The van der Waals surface area contributed by atoms with Gasteiger partial charge in [0.15, 0.2) is 5.82 Å². The molecule has 8 nitrogen and oxygen atoms in total. The number of carbonyl (C=O) groups excluding carboxylic acids is 1. The van der Waals surface area contributed by atoms with E-state index in [1.807, 2.05) is 32.0 Å². The topological polar surface area (TPSA) is 80.0 Å². The Balaban J connectivity index is 1.44. The number of carbonyl (C=O) groups is 1. The molecule has 0 aliphatic carbocycles. The summed E-state index contributed by atoms with van der Waals surface area (Å²) in [4.78, 5) is 28.7. The minimum absolute atomic E-state index is 0.000102. The van der Waals surface area contributed by atoms with Gasteiger partial charge in [-0.3, -0.25) is 14.5 Å². The Morgan fingerprint density at radius 2 is 1.82 bits per heavy atom. The van der Waals surface area contributed by atoms with Crippen LogP contribution in [0.4, 0.5) is 24.7 Å². The molecule has 1 aliphatic heterocycles. The van der Waals surface area contributed by atoms with Crippen molar-refractivity contribution >= 4 is 17.4 Å². The van der Waals surface area contributed by atoms with E-state index >= 15 is 0 Å². The first-order valence-corrected chi connectivity index (χ1v) is 10.5. The average molecular weight is 459 g/mol. The maximum absolute atomic E-state index is 12.7. The zero-order valence-corrected chi connectivity index (χ0v) is 18.8. The van der Waals surface area contributed by atoms with Crippen LogP contribution in [0, 0.1) is 6.92 Å². The zero-order valence-electron chi connectivity index (χ0n) is 18.8. The van der Waals surface area contributed by atoms with Crippen molar-refractivity contribution in [1.29, 1.82) is 0 Å². The lowest BCUT2D eigenvalue weighted by molar-refractivity contribution is -0.141. The molecule has 1 aliphatic rings. The molecule has 11 heteroatoms. The Hall–Kier alpha value is -3.50. The molecular formula is C22H24F3N7O. The number of aryl methyl sites for hydroxylation is 3. The molecule has 0 unspecified atom stereocenters. The van der Waals surface area contributed by atoms with Crippen molar-refractivity contribution in [3.05, 3.63) is 59.1 Å². The molecule has 0 bridgehead atoms. The Kier molecular flexibility index (Phi) is 5.81. The van der Waals surface area contributed by atoms with Crippen molar-refractivity contribution in [2.24, 2.45) is 0 Å². The highest BCUT2D eigenvalue weighted by Crippen LogP contribution is 2.34. The second kappa shape index (κ2) is 8.45. The Labute approximate surface area is 189 Å². The molecule has 1 atom stereocenters. The van der Waals surface area contributed by atoms with Gasteiger partial charge in [0.05, 0.1) is 18.4 Å². The van der Waals surface area contributed by atoms with E-state index in [-0.39, 0.29) is 11.9 Å². The van der Waals surface area contributed by atoms with Gasteiger partial charge in [0.1, 0.15) is 23.2 Å². The van der Waals surface area contributed by atoms with E-state index in [0.717, 1.165) is 28.8 Å². The van der Waals surface area contributed by atoms with Gasteiger partial charge in [-0.1, -0.05) is 6.07 Å². The van der Waals surface area contributed by atoms with Crippen LogP contribution in [-0.2, 0) is 30.4 Å². The molecule has 3 aromatic rings. The summed E-state index contributed by atoms with van der Waals surface area (Å²) in [5.74, 6) is 1.41. The van der Waals surface area contributed by atoms with Crippen molar-refractivity contribution in [3.8, 4) is 0 Å². The van der Waals surface area contributed by atoms with Gasteiger partial charge in [-0.25, -0.2) is 9.97 Å². The minimum atomic E-state index is -4.45. The number of rotatable bonds is 5. The van der Waals surface area contributed by atoms with E-state index in [2.05, 4.69) is 15.1 Å². The predicted molar refractivity (Wildman–Crippen MR) is 116 cm³/mol. The van der Waals surface area contributed by atoms with Gasteiger partial charge < -0.3 is 9.80 Å². The van der Waals surface area contributed by atoms with E-state index in [9.17, 15) is 18.0 Å². The quantitative estimate of drug-likeness (QED) is 0.584. The molecule has 0 spiro atoms. The largest absolute Gasteiger partial charge is 0.433 e. The van der Waals surface area contributed by atoms with Crippen LogP contribution in [-0.4, -0.2) is 50.8 Å². The number of nitrogens with zero attached hydrogens (tertiary/aromatic N) is 7. The van der Waals surface area contributed by atoms with Crippen LogP contribution in [0.3, 0.4) is 0 Å². The molecule has 174 valence electrons. The van der Waals surface area contributed by atoms with Gasteiger partial charge >= 0.3 is 6.18 Å². The zero-order chi connectivity index (χ0) is 23.9. The first-order valence-electron chi connectivity index (χ1n) is 10.5. The van der Waals surface area contributed by atoms with Crippen LogP contribution in [0.5, 0.6) is 0 Å². The van der Waals surface area contributed by atoms with Crippen molar-refractivity contribution in [3.63, 3.8) is 0 Å². The maximum atomic E-state index is 12.7. The van der Waals surface area contributed by atoms with Gasteiger partial charge in [0.2, 0.25) is 5.91 Å². The standard InChI is InChI=1S/C22H24F3N7O/c1-13-19-20(30(3)14(2)21(33)31(19)4)29-18(28-13)8-6-16-10-27-32(12-16)11-15-5-7-17(26-9-15)22(23,24)25/h5,7,9-10,12,14H,6,8,11H2,1-4H3/t14-/m0/s1. The summed E-state index contributed by atoms with van der Waals surface area (Å²) >= 11 is 0. The fourth-order valence-electron chi connectivity index (χ4n) is 3.85. The van der Waals surface area contributed by atoms with Gasteiger partial charge in [0, 0.05) is 32.9 Å². The van der Waals surface area contributed by atoms with Crippen molar-refractivity contribution in [2.75, 3.05) is 23.9 Å². The molecule has 0 saturated heterocycles. The van der Waals surface area contributed by atoms with E-state index in [1.54, 1.807) is 22.8 Å². The highest BCUT2D eigenvalue weighted by Gasteiger charge is 2.34. The normalized spacial score (nSPS) is 16.3. The highest BCUT2D eigenvalue weighted by molar-refractivity contribution is 6.04. The smallest absolute Gasteiger partial charge is 0.346 e. The minimum Gasteiger partial charge on any atom is -0.346 e. The fourth-order valence-corrected chi connectivity index (χ4v) is 3.85. The van der Waals surface area contributed by atoms with E-state index in [4.69, 9.17) is 4.98 Å². The molecule has 33 heavy (non-hydrogen) atoms. The van der Waals surface area contributed by atoms with Crippen molar-refractivity contribution in [2.45, 2.75) is 45.5 Å². The monoisotopic (exact) mass is 459 g/mol. The van der Waals surface area contributed by atoms with E-state index < -0.39 is 11.9 Å². The lowest BCUT2D eigenvalue weighted by atomic mass is 10.1. The van der Waals surface area contributed by atoms with Crippen LogP contribution in [0.15, 0.2) is 30.7 Å². The second-order valence-electron chi connectivity index (χ2n) is 8.18. The van der Waals surface area contributed by atoms with Gasteiger partial charge in [-0.15, -0.1) is 0 Å². The van der Waals surface area contributed by atoms with Crippen LogP contribution in [0.2, 0.25) is 0 Å². The average Bonchev–Trinajstić information content (AvgIpc) is 3.21. The van der Waals surface area contributed by atoms with E-state index in [0.29, 0.717) is 30.8 Å². The molecule has 3 aromatic heterocycles. The predicted octanol–water partition coefficient (Wildman–Crippen LogP) is 3.03. The molecule has 4 heterocycles. The first-order chi connectivity index (χ1) is 15.5. The number of amides is 1. The Bertz CT molecular complexity index is 1170. The number of hydrogen-bond donors (Lipinski definition) is 0. The third-order valence-corrected chi connectivity index (χ3v) is 5.81. The summed E-state index contributed by atoms with van der Waals surface area (Å²) in [6.07, 6.45) is 1.57. The number of alkyl halides is 3. The summed E-state index contributed by atoms with van der Waals surface area (Å²) in [6, 6.07) is 2.07. The summed E-state index contributed by atoms with van der Waals surface area (Å²) < 4.78 is 39.6. The van der Waals surface area contributed by atoms with Crippen LogP contribution >= 0.6 is 0 Å². The number of halogens is 3. The number of aromatic nitrogens is 5. The number of fused-ring (bicyclic) bond motifs is 1. The molecule has 4 rings (SSSR count).